The van der Waals surface area contributed by atoms with Crippen molar-refractivity contribution in [3.8, 4) is 6.07 Å². The molecule has 0 saturated carbocycles. The van der Waals surface area contributed by atoms with Gasteiger partial charge in [-0.1, -0.05) is 23.7 Å². The largest absolute Gasteiger partial charge is 0.356 e. The van der Waals surface area contributed by atoms with E-state index in [-0.39, 0.29) is 27.8 Å². The van der Waals surface area contributed by atoms with Gasteiger partial charge in [-0.2, -0.15) is 5.26 Å². The number of aromatic nitrogens is 3. The fraction of sp³-hybridized carbons (Fsp3) is 0.174. The van der Waals surface area contributed by atoms with E-state index in [9.17, 15) is 14.0 Å². The van der Waals surface area contributed by atoms with Gasteiger partial charge in [-0.15, -0.1) is 0 Å². The summed E-state index contributed by atoms with van der Waals surface area (Å²) in [5, 5.41) is 9.55. The zero-order chi connectivity index (χ0) is 22.6. The van der Waals surface area contributed by atoms with E-state index in [0.717, 1.165) is 0 Å². The Bertz CT molecular complexity index is 1430. The van der Waals surface area contributed by atoms with Crippen molar-refractivity contribution in [1.29, 1.82) is 5.26 Å². The van der Waals surface area contributed by atoms with Crippen LogP contribution in [0.4, 0.5) is 19.1 Å². The Labute approximate surface area is 186 Å². The Balaban J connectivity index is 1.79. The van der Waals surface area contributed by atoms with Crippen molar-refractivity contribution in [3.63, 3.8) is 0 Å². The number of fused-ring (bicyclic) bond motifs is 3. The molecule has 32 heavy (non-hydrogen) atoms. The molecule has 160 valence electrons. The molecule has 0 amide bonds. The summed E-state index contributed by atoms with van der Waals surface area (Å²) in [4.78, 5) is 13.4. The van der Waals surface area contributed by atoms with Crippen molar-refractivity contribution in [2.45, 2.75) is 19.4 Å². The second kappa shape index (κ2) is 7.53. The number of nitrogens with zero attached hydrogens (tertiary/aromatic N) is 4. The predicted molar refractivity (Wildman–Crippen MR) is 114 cm³/mol. The third-order valence-corrected chi connectivity index (χ3v) is 6.08. The molecule has 2 aromatic carbocycles. The lowest BCUT2D eigenvalue weighted by Gasteiger charge is -2.36. The molecule has 0 spiro atoms. The molecule has 0 radical (unpaired) electrons. The highest BCUT2D eigenvalue weighted by Crippen LogP contribution is 2.42. The number of benzene rings is 2. The minimum Gasteiger partial charge on any atom is -0.356 e. The molecule has 1 unspecified atom stereocenters. The van der Waals surface area contributed by atoms with Crippen molar-refractivity contribution >= 4 is 28.5 Å². The number of hydrogen-bond acceptors (Lipinski definition) is 4. The number of aromatic amines is 1. The fourth-order valence-corrected chi connectivity index (χ4v) is 4.43. The first-order valence-electron chi connectivity index (χ1n) is 9.83. The number of nitrogens with one attached hydrogen (secondary N) is 1. The fourth-order valence-electron chi connectivity index (χ4n) is 4.28. The zero-order valence-electron chi connectivity index (χ0n) is 16.8. The second-order valence-corrected chi connectivity index (χ2v) is 8.01. The van der Waals surface area contributed by atoms with E-state index in [4.69, 9.17) is 11.6 Å². The molecule has 0 aliphatic carbocycles. The number of rotatable bonds is 2. The second-order valence-electron chi connectivity index (χ2n) is 7.60. The van der Waals surface area contributed by atoms with E-state index in [1.807, 2.05) is 6.07 Å². The van der Waals surface area contributed by atoms with E-state index in [2.05, 4.69) is 15.0 Å². The molecule has 1 aliphatic heterocycles. The van der Waals surface area contributed by atoms with E-state index < -0.39 is 23.5 Å². The van der Waals surface area contributed by atoms with Crippen LogP contribution < -0.4 is 4.90 Å². The summed E-state index contributed by atoms with van der Waals surface area (Å²) in [6.45, 7) is 1.77. The van der Waals surface area contributed by atoms with Crippen LogP contribution in [0.1, 0.15) is 34.1 Å². The quantitative estimate of drug-likeness (QED) is 0.443. The van der Waals surface area contributed by atoms with Crippen LogP contribution in [0.25, 0.3) is 10.9 Å². The summed E-state index contributed by atoms with van der Waals surface area (Å²) in [6, 6.07) is 8.64. The Hall–Kier alpha value is -3.57. The molecule has 4 aromatic rings. The van der Waals surface area contributed by atoms with Crippen LogP contribution in [0.2, 0.25) is 5.02 Å². The Morgan fingerprint density at radius 2 is 1.94 bits per heavy atom. The van der Waals surface area contributed by atoms with Crippen LogP contribution in [0.15, 0.2) is 36.5 Å². The van der Waals surface area contributed by atoms with Gasteiger partial charge in [0.25, 0.3) is 0 Å². The summed E-state index contributed by atoms with van der Waals surface area (Å²) in [5.41, 5.74) is 2.01. The van der Waals surface area contributed by atoms with E-state index in [0.29, 0.717) is 35.1 Å². The average molecular weight is 454 g/mol. The van der Waals surface area contributed by atoms with Gasteiger partial charge >= 0.3 is 0 Å². The minimum absolute atomic E-state index is 0.0177. The maximum Gasteiger partial charge on any atom is 0.227 e. The van der Waals surface area contributed by atoms with Gasteiger partial charge < -0.3 is 9.88 Å². The average Bonchev–Trinajstić information content (AvgIpc) is 3.19. The number of H-pyrrole nitrogens is 1. The van der Waals surface area contributed by atoms with Crippen LogP contribution in [0.3, 0.4) is 0 Å². The van der Waals surface area contributed by atoms with Gasteiger partial charge in [-0.25, -0.2) is 23.1 Å². The Morgan fingerprint density at radius 3 is 2.72 bits per heavy atom. The van der Waals surface area contributed by atoms with Crippen LogP contribution in [-0.2, 0) is 6.42 Å². The lowest BCUT2D eigenvalue weighted by Crippen LogP contribution is -2.38. The smallest absolute Gasteiger partial charge is 0.227 e. The molecular weight excluding hydrogens is 439 g/mol. The number of nitriles is 1. The van der Waals surface area contributed by atoms with Crippen LogP contribution >= 0.6 is 11.6 Å². The summed E-state index contributed by atoms with van der Waals surface area (Å²) in [7, 11) is 0. The third-order valence-electron chi connectivity index (χ3n) is 5.79. The van der Waals surface area contributed by atoms with Crippen molar-refractivity contribution < 1.29 is 13.2 Å². The normalized spacial score (nSPS) is 15.6. The van der Waals surface area contributed by atoms with Crippen LogP contribution in [-0.4, -0.2) is 21.5 Å². The number of anilines is 1. The predicted octanol–water partition coefficient (Wildman–Crippen LogP) is 5.36. The molecule has 9 heteroatoms. The molecule has 1 N–H and O–H groups in total. The van der Waals surface area contributed by atoms with Crippen molar-refractivity contribution in [2.75, 3.05) is 11.4 Å². The summed E-state index contributed by atoms with van der Waals surface area (Å²) < 4.78 is 44.6. The molecular formula is C23H15ClF3N5. The monoisotopic (exact) mass is 453 g/mol. The lowest BCUT2D eigenvalue weighted by atomic mass is 9.91. The first-order chi connectivity index (χ1) is 15.4. The van der Waals surface area contributed by atoms with E-state index >= 15 is 4.39 Å². The molecule has 2 aromatic heterocycles. The summed E-state index contributed by atoms with van der Waals surface area (Å²) >= 11 is 6.00. The highest BCUT2D eigenvalue weighted by Gasteiger charge is 2.36. The molecule has 1 aliphatic rings. The zero-order valence-corrected chi connectivity index (χ0v) is 17.5. The van der Waals surface area contributed by atoms with Crippen LogP contribution in [0.5, 0.6) is 0 Å². The molecule has 3 heterocycles. The van der Waals surface area contributed by atoms with Crippen molar-refractivity contribution in [1.82, 2.24) is 15.0 Å². The topological polar surface area (TPSA) is 68.6 Å². The van der Waals surface area contributed by atoms with E-state index in [1.165, 1.54) is 37.4 Å². The van der Waals surface area contributed by atoms with Crippen molar-refractivity contribution in [2.24, 2.45) is 0 Å². The molecule has 0 bridgehead atoms. The highest BCUT2D eigenvalue weighted by atomic mass is 35.5. The molecule has 0 fully saturated rings. The Kier molecular flexibility index (Phi) is 4.79. The summed E-state index contributed by atoms with van der Waals surface area (Å²) in [5.74, 6) is -2.32. The maximum atomic E-state index is 15.2. The minimum atomic E-state index is -0.999. The molecule has 1 atom stereocenters. The van der Waals surface area contributed by atoms with Crippen LogP contribution in [0, 0.1) is 35.7 Å². The van der Waals surface area contributed by atoms with Gasteiger partial charge in [0.05, 0.1) is 5.02 Å². The summed E-state index contributed by atoms with van der Waals surface area (Å²) in [6.07, 6.45) is 1.82. The van der Waals surface area contributed by atoms with E-state index in [1.54, 1.807) is 11.0 Å². The SMILES string of the molecule is Cc1ccc(C2c3[nH]c4ccc(Cl)c(F)c4c3CCN2c2nccc(C#N)n2)c(F)c1F. The van der Waals surface area contributed by atoms with Crippen molar-refractivity contribution in [3.05, 3.63) is 87.1 Å². The molecule has 5 rings (SSSR count). The standard InChI is InChI=1S/C23H15ClF3N5/c1-11-2-3-14(19(26)18(11)25)22-21-13(17-16(31-21)5-4-15(24)20(17)27)7-9-32(22)23-29-8-6-12(10-28)30-23/h2-6,8,22,31H,7,9H2,1H3. The highest BCUT2D eigenvalue weighted by molar-refractivity contribution is 6.31. The van der Waals surface area contributed by atoms with Gasteiger partial charge in [0.15, 0.2) is 17.5 Å². The number of halogens is 4. The Morgan fingerprint density at radius 1 is 1.12 bits per heavy atom. The maximum absolute atomic E-state index is 15.2. The number of hydrogen-bond donors (Lipinski definition) is 1. The van der Waals surface area contributed by atoms with Gasteiger partial charge in [0.2, 0.25) is 5.95 Å². The lowest BCUT2D eigenvalue weighted by molar-refractivity contribution is 0.481. The van der Waals surface area contributed by atoms with Gasteiger partial charge in [0, 0.05) is 34.9 Å². The first kappa shape index (κ1) is 20.3. The third kappa shape index (κ3) is 3.00. The molecule has 5 nitrogen and oxygen atoms in total. The molecule has 0 saturated heterocycles. The van der Waals surface area contributed by atoms with Gasteiger partial charge in [-0.05, 0) is 42.7 Å². The van der Waals surface area contributed by atoms with Gasteiger partial charge in [-0.3, -0.25) is 0 Å². The number of aryl methyl sites for hydroxylation is 1. The first-order valence-corrected chi connectivity index (χ1v) is 10.2. The van der Waals surface area contributed by atoms with Gasteiger partial charge in [0.1, 0.15) is 17.8 Å².